The van der Waals surface area contributed by atoms with Crippen LogP contribution in [0.5, 0.6) is 17.2 Å². The van der Waals surface area contributed by atoms with Crippen molar-refractivity contribution < 1.29 is 14.2 Å². The number of hydrogen-bond donors (Lipinski definition) is 1. The van der Waals surface area contributed by atoms with E-state index in [2.05, 4.69) is 13.8 Å². The second-order valence-corrected chi connectivity index (χ2v) is 6.51. The Morgan fingerprint density at radius 1 is 1.05 bits per heavy atom. The summed E-state index contributed by atoms with van der Waals surface area (Å²) in [5.41, 5.74) is 9.28. The van der Waals surface area contributed by atoms with Crippen LogP contribution in [0.15, 0.2) is 0 Å². The van der Waals surface area contributed by atoms with Gasteiger partial charge in [-0.15, -0.1) is 0 Å². The van der Waals surface area contributed by atoms with Gasteiger partial charge in [-0.1, -0.05) is 0 Å². The Kier molecular flexibility index (Phi) is 2.91. The first kappa shape index (κ1) is 13.6. The molecule has 0 amide bonds. The van der Waals surface area contributed by atoms with Gasteiger partial charge in [-0.05, 0) is 27.7 Å². The standard InChI is InChI=1S/C16H23NO3/c1-8-6-10-12(16(3,4)17)13-11(7-9(2)19-13)14(18-5)15(10)20-8/h8-9H,6-7,17H2,1-5H3. The first-order valence-corrected chi connectivity index (χ1v) is 7.21. The van der Waals surface area contributed by atoms with E-state index in [1.54, 1.807) is 7.11 Å². The van der Waals surface area contributed by atoms with Crippen LogP contribution in [-0.2, 0) is 18.4 Å². The van der Waals surface area contributed by atoms with Gasteiger partial charge in [0.05, 0.1) is 7.11 Å². The molecule has 2 aliphatic rings. The van der Waals surface area contributed by atoms with Gasteiger partial charge in [0, 0.05) is 35.1 Å². The zero-order chi connectivity index (χ0) is 14.7. The fourth-order valence-corrected chi connectivity index (χ4v) is 3.37. The molecule has 2 heterocycles. The second-order valence-electron chi connectivity index (χ2n) is 6.51. The molecule has 2 aliphatic heterocycles. The summed E-state index contributed by atoms with van der Waals surface area (Å²) in [6, 6.07) is 0. The fraction of sp³-hybridized carbons (Fsp3) is 0.625. The molecule has 0 saturated heterocycles. The van der Waals surface area contributed by atoms with Crippen LogP contribution in [0.3, 0.4) is 0 Å². The van der Waals surface area contributed by atoms with E-state index in [1.807, 2.05) is 13.8 Å². The summed E-state index contributed by atoms with van der Waals surface area (Å²) in [5.74, 6) is 2.61. The van der Waals surface area contributed by atoms with Gasteiger partial charge in [0.25, 0.3) is 0 Å². The van der Waals surface area contributed by atoms with Crippen molar-refractivity contribution in [1.82, 2.24) is 0 Å². The molecule has 4 nitrogen and oxygen atoms in total. The Hall–Kier alpha value is -1.42. The Balaban J connectivity index is 2.31. The minimum atomic E-state index is -0.460. The van der Waals surface area contributed by atoms with Crippen molar-refractivity contribution in [2.24, 2.45) is 5.73 Å². The predicted octanol–water partition coefficient (Wildman–Crippen LogP) is 2.54. The summed E-state index contributed by atoms with van der Waals surface area (Å²) in [7, 11) is 1.69. The second kappa shape index (κ2) is 4.29. The molecule has 0 fully saturated rings. The maximum absolute atomic E-state index is 6.41. The number of fused-ring (bicyclic) bond motifs is 2. The van der Waals surface area contributed by atoms with Crippen molar-refractivity contribution in [3.63, 3.8) is 0 Å². The lowest BCUT2D eigenvalue weighted by molar-refractivity contribution is 0.242. The van der Waals surface area contributed by atoms with Crippen molar-refractivity contribution in [3.8, 4) is 17.2 Å². The van der Waals surface area contributed by atoms with Crippen LogP contribution < -0.4 is 19.9 Å². The van der Waals surface area contributed by atoms with Crippen molar-refractivity contribution in [1.29, 1.82) is 0 Å². The lowest BCUT2D eigenvalue weighted by atomic mass is 9.86. The maximum atomic E-state index is 6.41. The maximum Gasteiger partial charge on any atom is 0.168 e. The SMILES string of the molecule is COc1c2c(c(C(C)(C)N)c3c1OC(C)C3)OC(C)C2. The number of ether oxygens (including phenoxy) is 3. The molecule has 0 radical (unpaired) electrons. The van der Waals surface area contributed by atoms with E-state index < -0.39 is 5.54 Å². The molecule has 0 spiro atoms. The highest BCUT2D eigenvalue weighted by Gasteiger charge is 2.39. The Bertz CT molecular complexity index is 521. The van der Waals surface area contributed by atoms with Gasteiger partial charge >= 0.3 is 0 Å². The molecule has 4 heteroatoms. The molecule has 2 unspecified atom stereocenters. The van der Waals surface area contributed by atoms with Crippen LogP contribution in [-0.4, -0.2) is 19.3 Å². The number of nitrogens with two attached hydrogens (primary N) is 1. The van der Waals surface area contributed by atoms with E-state index >= 15 is 0 Å². The highest BCUT2D eigenvalue weighted by molar-refractivity contribution is 5.67. The van der Waals surface area contributed by atoms with Crippen LogP contribution in [0.2, 0.25) is 0 Å². The normalized spacial score (nSPS) is 23.9. The minimum Gasteiger partial charge on any atom is -0.492 e. The molecule has 0 aliphatic carbocycles. The fourth-order valence-electron chi connectivity index (χ4n) is 3.37. The van der Waals surface area contributed by atoms with Crippen LogP contribution >= 0.6 is 0 Å². The molecule has 110 valence electrons. The van der Waals surface area contributed by atoms with E-state index in [-0.39, 0.29) is 12.2 Å². The average molecular weight is 277 g/mol. The van der Waals surface area contributed by atoms with E-state index in [4.69, 9.17) is 19.9 Å². The Morgan fingerprint density at radius 2 is 1.60 bits per heavy atom. The van der Waals surface area contributed by atoms with E-state index in [0.29, 0.717) is 0 Å². The number of rotatable bonds is 2. The Morgan fingerprint density at radius 3 is 2.15 bits per heavy atom. The highest BCUT2D eigenvalue weighted by Crippen LogP contribution is 2.53. The molecule has 1 aromatic carbocycles. The first-order valence-electron chi connectivity index (χ1n) is 7.21. The lowest BCUT2D eigenvalue weighted by Gasteiger charge is -2.26. The molecule has 0 aromatic heterocycles. The smallest absolute Gasteiger partial charge is 0.168 e. The lowest BCUT2D eigenvalue weighted by Crippen LogP contribution is -2.30. The van der Waals surface area contributed by atoms with E-state index in [0.717, 1.165) is 46.8 Å². The van der Waals surface area contributed by atoms with Gasteiger partial charge in [0.2, 0.25) is 0 Å². The van der Waals surface area contributed by atoms with Gasteiger partial charge in [-0.2, -0.15) is 0 Å². The molecule has 2 N–H and O–H groups in total. The molecule has 2 atom stereocenters. The number of methoxy groups -OCH3 is 1. The molecular weight excluding hydrogens is 254 g/mol. The number of hydrogen-bond acceptors (Lipinski definition) is 4. The molecule has 1 aromatic rings. The zero-order valence-electron chi connectivity index (χ0n) is 12.9. The van der Waals surface area contributed by atoms with Gasteiger partial charge in [-0.3, -0.25) is 0 Å². The predicted molar refractivity (Wildman–Crippen MR) is 77.8 cm³/mol. The van der Waals surface area contributed by atoms with E-state index in [9.17, 15) is 0 Å². The van der Waals surface area contributed by atoms with Crippen LogP contribution in [0.1, 0.15) is 44.4 Å². The molecular formula is C16H23NO3. The third kappa shape index (κ3) is 1.85. The van der Waals surface area contributed by atoms with Crippen molar-refractivity contribution in [3.05, 3.63) is 16.7 Å². The number of benzene rings is 1. The third-order valence-electron chi connectivity index (χ3n) is 4.03. The molecule has 0 saturated carbocycles. The van der Waals surface area contributed by atoms with Gasteiger partial charge in [0.15, 0.2) is 11.5 Å². The van der Waals surface area contributed by atoms with Gasteiger partial charge < -0.3 is 19.9 Å². The summed E-state index contributed by atoms with van der Waals surface area (Å²) in [5, 5.41) is 0. The van der Waals surface area contributed by atoms with Crippen molar-refractivity contribution in [2.45, 2.75) is 58.3 Å². The highest BCUT2D eigenvalue weighted by atomic mass is 16.5. The van der Waals surface area contributed by atoms with Crippen LogP contribution in [0.4, 0.5) is 0 Å². The largest absolute Gasteiger partial charge is 0.492 e. The van der Waals surface area contributed by atoms with Gasteiger partial charge in [-0.25, -0.2) is 0 Å². The summed E-state index contributed by atoms with van der Waals surface area (Å²) in [4.78, 5) is 0. The summed E-state index contributed by atoms with van der Waals surface area (Å²) < 4.78 is 17.7. The Labute approximate surface area is 120 Å². The quantitative estimate of drug-likeness (QED) is 0.902. The van der Waals surface area contributed by atoms with Gasteiger partial charge in [0.1, 0.15) is 18.0 Å². The minimum absolute atomic E-state index is 0.153. The zero-order valence-corrected chi connectivity index (χ0v) is 12.9. The third-order valence-corrected chi connectivity index (χ3v) is 4.03. The summed E-state index contributed by atoms with van der Waals surface area (Å²) >= 11 is 0. The summed E-state index contributed by atoms with van der Waals surface area (Å²) in [6.07, 6.45) is 2.00. The van der Waals surface area contributed by atoms with Crippen molar-refractivity contribution in [2.75, 3.05) is 7.11 Å². The topological polar surface area (TPSA) is 53.7 Å². The monoisotopic (exact) mass is 277 g/mol. The molecule has 0 bridgehead atoms. The molecule has 20 heavy (non-hydrogen) atoms. The average Bonchev–Trinajstić information content (AvgIpc) is 2.85. The van der Waals surface area contributed by atoms with E-state index in [1.165, 1.54) is 0 Å². The van der Waals surface area contributed by atoms with Crippen molar-refractivity contribution >= 4 is 0 Å². The first-order chi connectivity index (χ1) is 9.32. The molecule has 3 rings (SSSR count). The van der Waals surface area contributed by atoms with Crippen LogP contribution in [0.25, 0.3) is 0 Å². The van der Waals surface area contributed by atoms with Crippen LogP contribution in [0, 0.1) is 0 Å². The summed E-state index contributed by atoms with van der Waals surface area (Å²) in [6.45, 7) is 8.18.